The van der Waals surface area contributed by atoms with Gasteiger partial charge < -0.3 is 20.3 Å². The van der Waals surface area contributed by atoms with Crippen LogP contribution in [0, 0.1) is 11.8 Å². The van der Waals surface area contributed by atoms with Crippen LogP contribution in [0.4, 0.5) is 14.6 Å². The zero-order valence-corrected chi connectivity index (χ0v) is 16.9. The molecule has 29 heavy (non-hydrogen) atoms. The van der Waals surface area contributed by atoms with Crippen molar-refractivity contribution in [2.45, 2.75) is 45.1 Å². The van der Waals surface area contributed by atoms with E-state index in [0.717, 1.165) is 12.8 Å². The number of alkyl halides is 2. The van der Waals surface area contributed by atoms with Crippen LogP contribution in [0.15, 0.2) is 6.20 Å². The number of hydrogen-bond acceptors (Lipinski definition) is 6. The molecule has 3 rings (SSSR count). The summed E-state index contributed by atoms with van der Waals surface area (Å²) in [4.78, 5) is 34.5. The molecular formula is C19H27F2N5O3. The third-order valence-corrected chi connectivity index (χ3v) is 4.83. The molecule has 0 spiro atoms. The molecule has 10 heteroatoms. The monoisotopic (exact) mass is 411 g/mol. The van der Waals surface area contributed by atoms with Crippen LogP contribution in [0.1, 0.15) is 43.6 Å². The maximum absolute atomic E-state index is 13.3. The summed E-state index contributed by atoms with van der Waals surface area (Å²) < 4.78 is 32.2. The molecule has 1 saturated carbocycles. The number of nitrogens with one attached hydrogen (secondary N) is 2. The third kappa shape index (κ3) is 5.51. The number of anilines is 1. The highest BCUT2D eigenvalue weighted by Crippen LogP contribution is 2.36. The molecule has 1 aliphatic heterocycles. The van der Waals surface area contributed by atoms with Gasteiger partial charge >= 0.3 is 0 Å². The second-order valence-electron chi connectivity index (χ2n) is 8.12. The zero-order valence-electron chi connectivity index (χ0n) is 16.9. The molecule has 1 aromatic heterocycles. The van der Waals surface area contributed by atoms with Gasteiger partial charge in [-0.15, -0.1) is 0 Å². The smallest absolute Gasteiger partial charge is 0.282 e. The molecule has 0 bridgehead atoms. The van der Waals surface area contributed by atoms with Crippen LogP contribution < -0.4 is 20.3 Å². The van der Waals surface area contributed by atoms with Crippen LogP contribution in [-0.4, -0.2) is 60.5 Å². The fraction of sp³-hybridized carbons (Fsp3) is 0.684. The predicted molar refractivity (Wildman–Crippen MR) is 102 cm³/mol. The summed E-state index contributed by atoms with van der Waals surface area (Å²) >= 11 is 0. The summed E-state index contributed by atoms with van der Waals surface area (Å²) in [7, 11) is 1.50. The highest BCUT2D eigenvalue weighted by Gasteiger charge is 2.46. The first-order valence-electron chi connectivity index (χ1n) is 9.83. The van der Waals surface area contributed by atoms with E-state index < -0.39 is 31.0 Å². The largest absolute Gasteiger partial charge is 0.475 e. The maximum atomic E-state index is 13.3. The van der Waals surface area contributed by atoms with Crippen molar-refractivity contribution in [2.24, 2.45) is 11.8 Å². The average Bonchev–Trinajstić information content (AvgIpc) is 3.47. The van der Waals surface area contributed by atoms with Gasteiger partial charge in [0.2, 0.25) is 5.91 Å². The Labute approximate surface area is 168 Å². The summed E-state index contributed by atoms with van der Waals surface area (Å²) in [5.74, 6) is -2.74. The Morgan fingerprint density at radius 2 is 2.03 bits per heavy atom. The van der Waals surface area contributed by atoms with E-state index in [1.165, 1.54) is 18.1 Å². The molecule has 2 heterocycles. The van der Waals surface area contributed by atoms with E-state index in [1.54, 1.807) is 0 Å². The number of aromatic nitrogens is 2. The fourth-order valence-corrected chi connectivity index (χ4v) is 3.04. The number of carbonyl (C=O) groups is 2. The number of amides is 2. The van der Waals surface area contributed by atoms with E-state index in [0.29, 0.717) is 18.9 Å². The van der Waals surface area contributed by atoms with Gasteiger partial charge in [-0.05, 0) is 31.1 Å². The van der Waals surface area contributed by atoms with Crippen LogP contribution in [0.5, 0.6) is 5.88 Å². The minimum absolute atomic E-state index is 0.0236. The van der Waals surface area contributed by atoms with Gasteiger partial charge in [-0.25, -0.2) is 18.7 Å². The molecule has 1 unspecified atom stereocenters. The molecule has 2 amide bonds. The van der Waals surface area contributed by atoms with Gasteiger partial charge in [0.15, 0.2) is 11.5 Å². The predicted octanol–water partition coefficient (Wildman–Crippen LogP) is 1.61. The van der Waals surface area contributed by atoms with E-state index >= 15 is 0 Å². The second-order valence-corrected chi connectivity index (χ2v) is 8.12. The summed E-state index contributed by atoms with van der Waals surface area (Å²) in [6.45, 7) is 3.39. The second kappa shape index (κ2) is 8.46. The SMILES string of the molecule is CNC(=O)C(CC(C)C)NC(=O)c1cnc(N2CC(F)(F)C2)c(OCC2CC2)n1. The number of likely N-dealkylation sites (N-methyl/N-ethyl adjacent to an activating group) is 1. The van der Waals surface area contributed by atoms with E-state index in [4.69, 9.17) is 4.74 Å². The van der Waals surface area contributed by atoms with Crippen LogP contribution in [0.2, 0.25) is 0 Å². The Morgan fingerprint density at radius 3 is 2.59 bits per heavy atom. The van der Waals surface area contributed by atoms with Crippen molar-refractivity contribution in [2.75, 3.05) is 31.6 Å². The summed E-state index contributed by atoms with van der Waals surface area (Å²) in [6, 6.07) is -0.709. The Balaban J connectivity index is 1.76. The average molecular weight is 411 g/mol. The van der Waals surface area contributed by atoms with Crippen LogP contribution >= 0.6 is 0 Å². The number of halogens is 2. The third-order valence-electron chi connectivity index (χ3n) is 4.83. The van der Waals surface area contributed by atoms with Crippen molar-refractivity contribution in [3.05, 3.63) is 11.9 Å². The molecule has 2 fully saturated rings. The van der Waals surface area contributed by atoms with E-state index in [9.17, 15) is 18.4 Å². The maximum Gasteiger partial charge on any atom is 0.282 e. The molecule has 1 aromatic rings. The molecule has 1 saturated heterocycles. The molecule has 2 aliphatic rings. The Bertz CT molecular complexity index is 762. The highest BCUT2D eigenvalue weighted by molar-refractivity contribution is 5.96. The minimum atomic E-state index is -2.76. The van der Waals surface area contributed by atoms with Gasteiger partial charge in [0.05, 0.1) is 25.9 Å². The van der Waals surface area contributed by atoms with Crippen molar-refractivity contribution >= 4 is 17.6 Å². The first-order valence-corrected chi connectivity index (χ1v) is 9.83. The van der Waals surface area contributed by atoms with Crippen molar-refractivity contribution in [1.82, 2.24) is 20.6 Å². The number of carbonyl (C=O) groups excluding carboxylic acids is 2. The first-order chi connectivity index (χ1) is 13.7. The number of hydrogen-bond donors (Lipinski definition) is 2. The fourth-order valence-electron chi connectivity index (χ4n) is 3.04. The van der Waals surface area contributed by atoms with Gasteiger partial charge in [-0.1, -0.05) is 13.8 Å². The Hall–Kier alpha value is -2.52. The van der Waals surface area contributed by atoms with Crippen LogP contribution in [-0.2, 0) is 4.79 Å². The molecule has 160 valence electrons. The van der Waals surface area contributed by atoms with E-state index in [1.807, 2.05) is 13.8 Å². The highest BCUT2D eigenvalue weighted by atomic mass is 19.3. The molecular weight excluding hydrogens is 384 g/mol. The van der Waals surface area contributed by atoms with Crippen LogP contribution in [0.25, 0.3) is 0 Å². The topological polar surface area (TPSA) is 96.5 Å². The van der Waals surface area contributed by atoms with Gasteiger partial charge in [0.1, 0.15) is 6.04 Å². The Kier molecular flexibility index (Phi) is 6.18. The number of rotatable bonds is 9. The van der Waals surface area contributed by atoms with Crippen molar-refractivity contribution in [3.8, 4) is 5.88 Å². The van der Waals surface area contributed by atoms with E-state index in [-0.39, 0.29) is 29.2 Å². The van der Waals surface area contributed by atoms with Gasteiger partial charge in [0, 0.05) is 7.05 Å². The molecule has 1 atom stereocenters. The molecule has 1 aliphatic carbocycles. The summed E-state index contributed by atoms with van der Waals surface area (Å²) in [5.41, 5.74) is -0.0236. The quantitative estimate of drug-likeness (QED) is 0.641. The standard InChI is InChI=1S/C19H27F2N5O3/c1-11(2)6-13(16(27)22-3)24-17(28)14-7-23-15(26-9-19(20,21)10-26)18(25-14)29-8-12-4-5-12/h7,11-13H,4-6,8-10H2,1-3H3,(H,22,27)(H,24,28). The normalized spacial score (nSPS) is 18.8. The van der Waals surface area contributed by atoms with Gasteiger partial charge in [-0.3, -0.25) is 9.59 Å². The number of ether oxygens (including phenoxy) is 1. The lowest BCUT2D eigenvalue weighted by Gasteiger charge is -2.39. The van der Waals surface area contributed by atoms with Crippen molar-refractivity contribution in [3.63, 3.8) is 0 Å². The van der Waals surface area contributed by atoms with Gasteiger partial charge in [0.25, 0.3) is 17.7 Å². The lowest BCUT2D eigenvalue weighted by molar-refractivity contribution is -0.122. The Morgan fingerprint density at radius 1 is 1.34 bits per heavy atom. The summed E-state index contributed by atoms with van der Waals surface area (Å²) in [5, 5.41) is 5.20. The molecule has 8 nitrogen and oxygen atoms in total. The minimum Gasteiger partial charge on any atom is -0.475 e. The first kappa shape index (κ1) is 21.2. The molecule has 0 radical (unpaired) electrons. The van der Waals surface area contributed by atoms with Crippen LogP contribution in [0.3, 0.4) is 0 Å². The van der Waals surface area contributed by atoms with Crippen molar-refractivity contribution in [1.29, 1.82) is 0 Å². The van der Waals surface area contributed by atoms with Crippen molar-refractivity contribution < 1.29 is 23.1 Å². The lowest BCUT2D eigenvalue weighted by atomic mass is 10.0. The lowest BCUT2D eigenvalue weighted by Crippen LogP contribution is -2.56. The summed E-state index contributed by atoms with van der Waals surface area (Å²) in [6.07, 6.45) is 3.79. The molecule has 2 N–H and O–H groups in total. The number of nitrogens with zero attached hydrogens (tertiary/aromatic N) is 3. The zero-order chi connectivity index (χ0) is 21.2. The van der Waals surface area contributed by atoms with E-state index in [2.05, 4.69) is 20.6 Å². The van der Waals surface area contributed by atoms with Gasteiger partial charge in [-0.2, -0.15) is 0 Å². The molecule has 0 aromatic carbocycles.